The van der Waals surface area contributed by atoms with Crippen molar-refractivity contribution in [3.8, 4) is 11.5 Å². The van der Waals surface area contributed by atoms with E-state index in [1.165, 1.54) is 0 Å². The van der Waals surface area contributed by atoms with Gasteiger partial charge in [-0.15, -0.1) is 0 Å². The molecule has 0 aliphatic carbocycles. The molecule has 0 saturated heterocycles. The van der Waals surface area contributed by atoms with Gasteiger partial charge in [-0.25, -0.2) is 8.42 Å². The quantitative estimate of drug-likeness (QED) is 0.205. The number of aromatic nitrogens is 1. The lowest BCUT2D eigenvalue weighted by Crippen LogP contribution is -2.41. The van der Waals surface area contributed by atoms with Crippen LogP contribution in [-0.2, 0) is 15.7 Å². The third kappa shape index (κ3) is 4.96. The predicted molar refractivity (Wildman–Crippen MR) is 125 cm³/mol. The summed E-state index contributed by atoms with van der Waals surface area (Å²) in [6.07, 6.45) is 1.08. The first-order valence-electron chi connectivity index (χ1n) is 10.0. The molecule has 1 unspecified atom stereocenters. The predicted octanol–water partition coefficient (Wildman–Crippen LogP) is 3.23. The van der Waals surface area contributed by atoms with Gasteiger partial charge in [-0.1, -0.05) is 12.1 Å². The number of hydrogen-bond donors (Lipinski definition) is 5. The maximum absolute atomic E-state index is 11.3. The number of fused-ring (bicyclic) bond motifs is 3. The highest BCUT2D eigenvalue weighted by atomic mass is 32.2. The van der Waals surface area contributed by atoms with Crippen LogP contribution in [0.4, 0.5) is 5.69 Å². The van der Waals surface area contributed by atoms with E-state index in [-0.39, 0.29) is 5.75 Å². The minimum Gasteiger partial charge on any atom is -0.508 e. The number of anilines is 1. The Morgan fingerprint density at radius 3 is 2.47 bits per heavy atom. The standard InChI is InChI=1S/C23H25N3O5S/c1-23(28,15-3-5-16(6-4-15)26-32(2,29)30)24-11-12-31-18-8-9-19-20-13-17(27)7-10-21(20)25-22(19)14-18/h3-10,13-14,24-28H,11-12H2,1-2H3. The van der Waals surface area contributed by atoms with E-state index in [0.717, 1.165) is 28.1 Å². The molecule has 0 aliphatic heterocycles. The Morgan fingerprint density at radius 2 is 1.75 bits per heavy atom. The third-order valence-electron chi connectivity index (χ3n) is 5.14. The summed E-state index contributed by atoms with van der Waals surface area (Å²) in [5.41, 5.74) is 1.56. The van der Waals surface area contributed by atoms with E-state index in [1.807, 2.05) is 24.3 Å². The fourth-order valence-corrected chi connectivity index (χ4v) is 4.17. The summed E-state index contributed by atoms with van der Waals surface area (Å²) in [6, 6.07) is 17.4. The largest absolute Gasteiger partial charge is 0.508 e. The van der Waals surface area contributed by atoms with Crippen LogP contribution in [-0.4, -0.2) is 43.0 Å². The Balaban J connectivity index is 1.35. The van der Waals surface area contributed by atoms with Gasteiger partial charge < -0.3 is 19.9 Å². The molecule has 9 heteroatoms. The lowest BCUT2D eigenvalue weighted by molar-refractivity contribution is 0.0169. The molecule has 1 heterocycles. The molecule has 0 radical (unpaired) electrons. The first-order chi connectivity index (χ1) is 15.1. The van der Waals surface area contributed by atoms with Gasteiger partial charge in [0.15, 0.2) is 0 Å². The SMILES string of the molecule is CC(O)(NCCOc1ccc2c(c1)[nH]c1ccc(O)cc12)c1ccc(NS(C)(=O)=O)cc1. The zero-order chi connectivity index (χ0) is 22.9. The van der Waals surface area contributed by atoms with Gasteiger partial charge in [0.25, 0.3) is 0 Å². The highest BCUT2D eigenvalue weighted by Gasteiger charge is 2.22. The van der Waals surface area contributed by atoms with Crippen LogP contribution in [0.3, 0.4) is 0 Å². The first kappa shape index (κ1) is 21.9. The van der Waals surface area contributed by atoms with Crippen LogP contribution in [0.5, 0.6) is 11.5 Å². The number of benzene rings is 3. The number of aromatic amines is 1. The second-order valence-corrected chi connectivity index (χ2v) is 9.61. The highest BCUT2D eigenvalue weighted by molar-refractivity contribution is 7.92. The van der Waals surface area contributed by atoms with Crippen LogP contribution in [0.1, 0.15) is 12.5 Å². The van der Waals surface area contributed by atoms with Crippen LogP contribution >= 0.6 is 0 Å². The summed E-state index contributed by atoms with van der Waals surface area (Å²) < 4.78 is 30.8. The van der Waals surface area contributed by atoms with Gasteiger partial charge >= 0.3 is 0 Å². The van der Waals surface area contributed by atoms with Crippen LogP contribution in [0.25, 0.3) is 21.8 Å². The van der Waals surface area contributed by atoms with E-state index in [1.54, 1.807) is 43.3 Å². The normalized spacial score (nSPS) is 13.8. The molecule has 8 nitrogen and oxygen atoms in total. The number of aliphatic hydroxyl groups is 1. The van der Waals surface area contributed by atoms with Gasteiger partial charge in [-0.3, -0.25) is 10.0 Å². The van der Waals surface area contributed by atoms with Gasteiger partial charge in [0.1, 0.15) is 23.8 Å². The zero-order valence-corrected chi connectivity index (χ0v) is 18.5. The maximum atomic E-state index is 11.3. The van der Waals surface area contributed by atoms with Crippen molar-refractivity contribution in [1.82, 2.24) is 10.3 Å². The summed E-state index contributed by atoms with van der Waals surface area (Å²) in [7, 11) is -3.35. The van der Waals surface area contributed by atoms with Crippen LogP contribution < -0.4 is 14.8 Å². The van der Waals surface area contributed by atoms with Gasteiger partial charge in [0, 0.05) is 34.6 Å². The van der Waals surface area contributed by atoms with E-state index >= 15 is 0 Å². The van der Waals surface area contributed by atoms with Crippen molar-refractivity contribution >= 4 is 37.5 Å². The van der Waals surface area contributed by atoms with Crippen LogP contribution in [0.15, 0.2) is 60.7 Å². The van der Waals surface area contributed by atoms with E-state index in [0.29, 0.717) is 30.2 Å². The first-order valence-corrected chi connectivity index (χ1v) is 11.9. The molecule has 0 fully saturated rings. The summed E-state index contributed by atoms with van der Waals surface area (Å²) in [4.78, 5) is 3.31. The zero-order valence-electron chi connectivity index (χ0n) is 17.7. The van der Waals surface area contributed by atoms with E-state index in [9.17, 15) is 18.6 Å². The van der Waals surface area contributed by atoms with E-state index < -0.39 is 15.7 Å². The second kappa shape index (κ2) is 8.34. The topological polar surface area (TPSA) is 124 Å². The monoisotopic (exact) mass is 455 g/mol. The Morgan fingerprint density at radius 1 is 1.00 bits per heavy atom. The molecule has 4 rings (SSSR count). The van der Waals surface area contributed by atoms with E-state index in [2.05, 4.69) is 15.0 Å². The lowest BCUT2D eigenvalue weighted by Gasteiger charge is -2.25. The smallest absolute Gasteiger partial charge is 0.229 e. The maximum Gasteiger partial charge on any atom is 0.229 e. The Hall–Kier alpha value is -3.27. The van der Waals surface area contributed by atoms with Crippen molar-refractivity contribution in [1.29, 1.82) is 0 Å². The van der Waals surface area contributed by atoms with Crippen molar-refractivity contribution in [2.24, 2.45) is 0 Å². The molecule has 0 saturated carbocycles. The number of phenolic OH excluding ortho intramolecular Hbond substituents is 1. The summed E-state index contributed by atoms with van der Waals surface area (Å²) in [6.45, 7) is 2.34. The van der Waals surface area contributed by atoms with Gasteiger partial charge in [-0.2, -0.15) is 0 Å². The average Bonchev–Trinajstić information content (AvgIpc) is 3.07. The molecular weight excluding hydrogens is 430 g/mol. The van der Waals surface area contributed by atoms with E-state index in [4.69, 9.17) is 4.74 Å². The number of nitrogens with one attached hydrogen (secondary N) is 3. The second-order valence-electron chi connectivity index (χ2n) is 7.86. The molecule has 0 amide bonds. The molecule has 4 aromatic rings. The Kier molecular flexibility index (Phi) is 5.72. The highest BCUT2D eigenvalue weighted by Crippen LogP contribution is 2.30. The summed E-state index contributed by atoms with van der Waals surface area (Å²) >= 11 is 0. The number of phenols is 1. The average molecular weight is 456 g/mol. The lowest BCUT2D eigenvalue weighted by atomic mass is 10.0. The summed E-state index contributed by atoms with van der Waals surface area (Å²) in [5, 5.41) is 25.4. The number of sulfonamides is 1. The number of hydrogen-bond acceptors (Lipinski definition) is 6. The number of ether oxygens (including phenoxy) is 1. The minimum absolute atomic E-state index is 0.221. The summed E-state index contributed by atoms with van der Waals surface area (Å²) in [5.74, 6) is 0.907. The van der Waals surface area contributed by atoms with Crippen molar-refractivity contribution in [3.05, 3.63) is 66.2 Å². The van der Waals surface area contributed by atoms with Crippen molar-refractivity contribution in [2.75, 3.05) is 24.1 Å². The van der Waals surface area contributed by atoms with Crippen molar-refractivity contribution < 1.29 is 23.4 Å². The van der Waals surface area contributed by atoms with Gasteiger partial charge in [0.05, 0.1) is 11.8 Å². The molecular formula is C23H25N3O5S. The third-order valence-corrected chi connectivity index (χ3v) is 5.75. The molecule has 0 bridgehead atoms. The van der Waals surface area contributed by atoms with Crippen molar-refractivity contribution in [3.63, 3.8) is 0 Å². The molecule has 5 N–H and O–H groups in total. The number of rotatable bonds is 8. The van der Waals surface area contributed by atoms with Crippen molar-refractivity contribution in [2.45, 2.75) is 12.6 Å². The Labute approximate surface area is 185 Å². The van der Waals surface area contributed by atoms with Crippen LogP contribution in [0, 0.1) is 0 Å². The molecule has 1 atom stereocenters. The molecule has 3 aromatic carbocycles. The molecule has 168 valence electrons. The van der Waals surface area contributed by atoms with Gasteiger partial charge in [0.2, 0.25) is 10.0 Å². The Bertz CT molecular complexity index is 1360. The number of H-pyrrole nitrogens is 1. The fraction of sp³-hybridized carbons (Fsp3) is 0.217. The minimum atomic E-state index is -3.35. The van der Waals surface area contributed by atoms with Crippen LogP contribution in [0.2, 0.25) is 0 Å². The molecule has 32 heavy (non-hydrogen) atoms. The molecule has 0 aliphatic rings. The molecule has 1 aromatic heterocycles. The fourth-order valence-electron chi connectivity index (χ4n) is 3.60. The van der Waals surface area contributed by atoms with Gasteiger partial charge in [-0.05, 0) is 55.0 Å². The molecule has 0 spiro atoms. The number of aromatic hydroxyl groups is 1.